The van der Waals surface area contributed by atoms with Crippen LogP contribution in [0.15, 0.2) is 41.0 Å². The molecule has 0 fully saturated rings. The normalized spacial score (nSPS) is 12.9. The number of fused-ring (bicyclic) bond motifs is 1. The molecule has 1 N–H and O–H groups in total. The zero-order chi connectivity index (χ0) is 15.7. The highest BCUT2D eigenvalue weighted by Crippen LogP contribution is 2.38. The van der Waals surface area contributed by atoms with Gasteiger partial charge in [-0.25, -0.2) is 0 Å². The van der Waals surface area contributed by atoms with Gasteiger partial charge in [-0.2, -0.15) is 0 Å². The van der Waals surface area contributed by atoms with E-state index in [0.717, 1.165) is 22.1 Å². The summed E-state index contributed by atoms with van der Waals surface area (Å²) in [5.41, 5.74) is 2.78. The maximum absolute atomic E-state index is 12.3. The number of halogens is 1. The molecule has 0 bridgehead atoms. The van der Waals surface area contributed by atoms with E-state index in [9.17, 15) is 9.59 Å². The van der Waals surface area contributed by atoms with E-state index in [2.05, 4.69) is 26.2 Å². The third kappa shape index (κ3) is 2.74. The van der Waals surface area contributed by atoms with Crippen molar-refractivity contribution in [1.82, 2.24) is 4.98 Å². The van der Waals surface area contributed by atoms with Crippen LogP contribution in [0.3, 0.4) is 0 Å². The molecule has 2 aromatic rings. The third-order valence-corrected chi connectivity index (χ3v) is 4.01. The first kappa shape index (κ1) is 14.7. The fraction of sp³-hybridized carbons (Fsp3) is 0.188. The number of benzene rings is 1. The van der Waals surface area contributed by atoms with Gasteiger partial charge in [-0.3, -0.25) is 14.6 Å². The molecule has 0 unspecified atom stereocenters. The molecule has 2 heterocycles. The van der Waals surface area contributed by atoms with Gasteiger partial charge in [0.25, 0.3) is 5.91 Å². The van der Waals surface area contributed by atoms with Crippen LogP contribution in [0.1, 0.15) is 23.0 Å². The summed E-state index contributed by atoms with van der Waals surface area (Å²) in [6, 6.07) is 8.95. The Hall–Kier alpha value is -2.21. The molecule has 0 spiro atoms. The van der Waals surface area contributed by atoms with Crippen molar-refractivity contribution in [3.8, 4) is 0 Å². The predicted molar refractivity (Wildman–Crippen MR) is 88.1 cm³/mol. The minimum absolute atomic E-state index is 0.0330. The summed E-state index contributed by atoms with van der Waals surface area (Å²) in [4.78, 5) is 29.8. The molecule has 3 rings (SSSR count). The number of rotatable bonds is 2. The Labute approximate surface area is 136 Å². The predicted octanol–water partition coefficient (Wildman–Crippen LogP) is 3.01. The van der Waals surface area contributed by atoms with Crippen molar-refractivity contribution in [2.75, 3.05) is 16.8 Å². The molecule has 0 aliphatic carbocycles. The summed E-state index contributed by atoms with van der Waals surface area (Å²) in [7, 11) is 0. The van der Waals surface area contributed by atoms with E-state index in [4.69, 9.17) is 0 Å². The van der Waals surface area contributed by atoms with Crippen molar-refractivity contribution in [2.24, 2.45) is 0 Å². The highest BCUT2D eigenvalue weighted by Gasteiger charge is 2.26. The third-order valence-electron chi connectivity index (χ3n) is 3.55. The molecule has 5 nitrogen and oxygen atoms in total. The Morgan fingerprint density at radius 2 is 2.14 bits per heavy atom. The summed E-state index contributed by atoms with van der Waals surface area (Å²) in [5.74, 6) is -0.328. The van der Waals surface area contributed by atoms with Crippen molar-refractivity contribution < 1.29 is 9.59 Å². The number of nitrogens with zero attached hydrogens (tertiary/aromatic N) is 2. The number of hydrogen-bond donors (Lipinski definition) is 1. The molecule has 112 valence electrons. The lowest BCUT2D eigenvalue weighted by Gasteiger charge is -2.19. The lowest BCUT2D eigenvalue weighted by Crippen LogP contribution is -2.27. The molecule has 1 aromatic carbocycles. The van der Waals surface area contributed by atoms with Crippen LogP contribution < -0.4 is 10.2 Å². The molecule has 0 saturated heterocycles. The van der Waals surface area contributed by atoms with Crippen molar-refractivity contribution in [2.45, 2.75) is 13.3 Å². The lowest BCUT2D eigenvalue weighted by molar-refractivity contribution is -0.116. The number of nitrogens with one attached hydrogen (secondary N) is 1. The van der Waals surface area contributed by atoms with Crippen molar-refractivity contribution in [1.29, 1.82) is 0 Å². The Kier molecular flexibility index (Phi) is 3.94. The smallest absolute Gasteiger partial charge is 0.274 e. The average Bonchev–Trinajstić information content (AvgIpc) is 2.92. The number of carbonyl (C=O) groups is 2. The lowest BCUT2D eigenvalue weighted by atomic mass is 10.1. The van der Waals surface area contributed by atoms with E-state index in [1.807, 2.05) is 6.07 Å². The first-order chi connectivity index (χ1) is 10.6. The van der Waals surface area contributed by atoms with Crippen LogP contribution in [0.4, 0.5) is 11.4 Å². The zero-order valence-electron chi connectivity index (χ0n) is 12.0. The molecular weight excluding hydrogens is 346 g/mol. The quantitative estimate of drug-likeness (QED) is 0.896. The van der Waals surface area contributed by atoms with Gasteiger partial charge < -0.3 is 10.2 Å². The number of amides is 2. The molecule has 0 saturated carbocycles. The van der Waals surface area contributed by atoms with Crippen LogP contribution in [-0.2, 0) is 11.2 Å². The maximum atomic E-state index is 12.3. The van der Waals surface area contributed by atoms with Gasteiger partial charge in [0.05, 0.1) is 11.4 Å². The van der Waals surface area contributed by atoms with E-state index in [1.54, 1.807) is 35.4 Å². The van der Waals surface area contributed by atoms with Gasteiger partial charge in [0.1, 0.15) is 5.69 Å². The minimum Gasteiger partial charge on any atom is -0.319 e. The zero-order valence-corrected chi connectivity index (χ0v) is 13.6. The number of carbonyl (C=O) groups excluding carboxylic acids is 2. The molecule has 1 aliphatic rings. The van der Waals surface area contributed by atoms with E-state index >= 15 is 0 Å². The monoisotopic (exact) mass is 359 g/mol. The molecule has 1 aromatic heterocycles. The Balaban J connectivity index is 1.98. The second-order valence-corrected chi connectivity index (χ2v) is 5.97. The van der Waals surface area contributed by atoms with Crippen LogP contribution in [0.5, 0.6) is 0 Å². The fourth-order valence-electron chi connectivity index (χ4n) is 2.60. The number of hydrogen-bond acceptors (Lipinski definition) is 3. The van der Waals surface area contributed by atoms with Crippen LogP contribution in [-0.4, -0.2) is 23.3 Å². The van der Waals surface area contributed by atoms with Gasteiger partial charge >= 0.3 is 0 Å². The molecule has 6 heteroatoms. The van der Waals surface area contributed by atoms with E-state index in [0.29, 0.717) is 17.9 Å². The maximum Gasteiger partial charge on any atom is 0.274 e. The van der Waals surface area contributed by atoms with Crippen LogP contribution in [0, 0.1) is 0 Å². The van der Waals surface area contributed by atoms with Gasteiger partial charge in [0.15, 0.2) is 0 Å². The van der Waals surface area contributed by atoms with Gasteiger partial charge in [0, 0.05) is 24.1 Å². The van der Waals surface area contributed by atoms with Gasteiger partial charge in [-0.15, -0.1) is 0 Å². The summed E-state index contributed by atoms with van der Waals surface area (Å²) in [6.45, 7) is 2.16. The Morgan fingerprint density at radius 1 is 1.32 bits per heavy atom. The van der Waals surface area contributed by atoms with E-state index < -0.39 is 0 Å². The largest absolute Gasteiger partial charge is 0.319 e. The van der Waals surface area contributed by atoms with E-state index in [-0.39, 0.29) is 11.8 Å². The van der Waals surface area contributed by atoms with Crippen molar-refractivity contribution in [3.05, 3.63) is 52.3 Å². The Morgan fingerprint density at radius 3 is 2.82 bits per heavy atom. The number of pyridine rings is 1. The average molecular weight is 360 g/mol. The van der Waals surface area contributed by atoms with Crippen molar-refractivity contribution in [3.63, 3.8) is 0 Å². The topological polar surface area (TPSA) is 62.3 Å². The molecular formula is C16H14BrN3O2. The van der Waals surface area contributed by atoms with Gasteiger partial charge in [0.2, 0.25) is 5.91 Å². The molecule has 2 amide bonds. The Bertz CT molecular complexity index is 747. The van der Waals surface area contributed by atoms with Gasteiger partial charge in [-0.05, 0) is 36.2 Å². The standard InChI is InChI=1S/C16H14BrN3O2/c1-10(21)20-7-5-11-8-12(17)9-14(15(11)20)19-16(22)13-4-2-3-6-18-13/h2-4,6,8-9H,5,7H2,1H3,(H,19,22). The summed E-state index contributed by atoms with van der Waals surface area (Å²) < 4.78 is 0.868. The van der Waals surface area contributed by atoms with Crippen LogP contribution in [0.25, 0.3) is 0 Å². The first-order valence-corrected chi connectivity index (χ1v) is 7.68. The highest BCUT2D eigenvalue weighted by molar-refractivity contribution is 9.10. The number of anilines is 2. The molecule has 1 aliphatic heterocycles. The van der Waals surface area contributed by atoms with Crippen molar-refractivity contribution >= 4 is 39.1 Å². The van der Waals surface area contributed by atoms with Gasteiger partial charge in [-0.1, -0.05) is 22.0 Å². The van der Waals surface area contributed by atoms with Crippen LogP contribution in [0.2, 0.25) is 0 Å². The molecule has 22 heavy (non-hydrogen) atoms. The summed E-state index contributed by atoms with van der Waals surface area (Å²) in [6.07, 6.45) is 2.35. The SMILES string of the molecule is CC(=O)N1CCc2cc(Br)cc(NC(=O)c3ccccn3)c21. The second kappa shape index (κ2) is 5.88. The fourth-order valence-corrected chi connectivity index (χ4v) is 3.11. The van der Waals surface area contributed by atoms with Crippen LogP contribution >= 0.6 is 15.9 Å². The first-order valence-electron chi connectivity index (χ1n) is 6.89. The molecule has 0 atom stereocenters. The second-order valence-electron chi connectivity index (χ2n) is 5.05. The summed E-state index contributed by atoms with van der Waals surface area (Å²) in [5, 5.41) is 2.86. The summed E-state index contributed by atoms with van der Waals surface area (Å²) >= 11 is 3.45. The highest BCUT2D eigenvalue weighted by atomic mass is 79.9. The minimum atomic E-state index is -0.295. The number of aromatic nitrogens is 1. The molecule has 0 radical (unpaired) electrons. The van der Waals surface area contributed by atoms with E-state index in [1.165, 1.54) is 6.92 Å².